The van der Waals surface area contributed by atoms with Crippen molar-refractivity contribution < 1.29 is 5.11 Å². The molecule has 2 nitrogen and oxygen atoms in total. The van der Waals surface area contributed by atoms with Gasteiger partial charge in [-0.25, -0.2) is 0 Å². The van der Waals surface area contributed by atoms with E-state index in [2.05, 4.69) is 30.3 Å². The first-order valence-electron chi connectivity index (χ1n) is 5.65. The van der Waals surface area contributed by atoms with Crippen molar-refractivity contribution >= 4 is 10.8 Å². The highest BCUT2D eigenvalue weighted by atomic mass is 16.3. The molecule has 2 aromatic carbocycles. The molecule has 0 radical (unpaired) electrons. The van der Waals surface area contributed by atoms with Crippen LogP contribution in [0.3, 0.4) is 0 Å². The van der Waals surface area contributed by atoms with Crippen LogP contribution in [0.2, 0.25) is 0 Å². The van der Waals surface area contributed by atoms with Gasteiger partial charge in [-0.1, -0.05) is 42.5 Å². The first-order chi connectivity index (χ1) is 7.86. The van der Waals surface area contributed by atoms with E-state index in [1.165, 1.54) is 16.3 Å². The van der Waals surface area contributed by atoms with Gasteiger partial charge in [0.2, 0.25) is 0 Å². The molecule has 0 heterocycles. The summed E-state index contributed by atoms with van der Waals surface area (Å²) in [5.74, 6) is 0.246. The molecule has 3 N–H and O–H groups in total. The molecule has 0 aliphatic rings. The molecule has 0 amide bonds. The molecule has 2 rings (SSSR count). The maximum atomic E-state index is 9.05. The molecular formula is C14H17NO. The van der Waals surface area contributed by atoms with E-state index in [1.54, 1.807) is 0 Å². The summed E-state index contributed by atoms with van der Waals surface area (Å²) in [6.07, 6.45) is 0.727. The van der Waals surface area contributed by atoms with Crippen LogP contribution >= 0.6 is 0 Å². The van der Waals surface area contributed by atoms with E-state index >= 15 is 0 Å². The number of fused-ring (bicyclic) bond motifs is 1. The second-order valence-electron chi connectivity index (χ2n) is 4.01. The molecule has 2 aromatic rings. The highest BCUT2D eigenvalue weighted by Crippen LogP contribution is 2.26. The second-order valence-corrected chi connectivity index (χ2v) is 4.01. The van der Waals surface area contributed by atoms with Crippen LogP contribution < -0.4 is 5.73 Å². The topological polar surface area (TPSA) is 46.2 Å². The standard InChI is InChI=1S/C14H17NO/c15-10-12(8-9-16)14-7-3-5-11-4-1-2-6-13(11)14/h1-7,12,16H,8-10,15H2. The molecule has 0 bridgehead atoms. The third kappa shape index (κ3) is 2.08. The Morgan fingerprint density at radius 3 is 2.56 bits per heavy atom. The van der Waals surface area contributed by atoms with Crippen molar-refractivity contribution in [1.82, 2.24) is 0 Å². The van der Waals surface area contributed by atoms with E-state index < -0.39 is 0 Å². The molecule has 1 unspecified atom stereocenters. The highest BCUT2D eigenvalue weighted by molar-refractivity contribution is 5.86. The van der Waals surface area contributed by atoms with Gasteiger partial charge in [0.05, 0.1) is 0 Å². The van der Waals surface area contributed by atoms with Crippen molar-refractivity contribution in [2.24, 2.45) is 5.73 Å². The molecule has 2 heteroatoms. The molecule has 84 valence electrons. The fraction of sp³-hybridized carbons (Fsp3) is 0.286. The van der Waals surface area contributed by atoms with Gasteiger partial charge in [-0.05, 0) is 35.2 Å². The normalized spacial score (nSPS) is 12.9. The van der Waals surface area contributed by atoms with Crippen LogP contribution in [0, 0.1) is 0 Å². The number of aliphatic hydroxyl groups is 1. The molecule has 0 aliphatic heterocycles. The van der Waals surface area contributed by atoms with Crippen LogP contribution in [0.1, 0.15) is 17.9 Å². The Hall–Kier alpha value is -1.38. The quantitative estimate of drug-likeness (QED) is 0.821. The van der Waals surface area contributed by atoms with Crippen molar-refractivity contribution in [1.29, 1.82) is 0 Å². The lowest BCUT2D eigenvalue weighted by molar-refractivity contribution is 0.276. The van der Waals surface area contributed by atoms with Crippen molar-refractivity contribution in [2.75, 3.05) is 13.2 Å². The summed E-state index contributed by atoms with van der Waals surface area (Å²) < 4.78 is 0. The van der Waals surface area contributed by atoms with Gasteiger partial charge in [0.25, 0.3) is 0 Å². The molecule has 0 aromatic heterocycles. The predicted octanol–water partition coefficient (Wildman–Crippen LogP) is 2.26. The van der Waals surface area contributed by atoms with Gasteiger partial charge >= 0.3 is 0 Å². The molecule has 0 saturated heterocycles. The van der Waals surface area contributed by atoms with E-state index in [0.29, 0.717) is 6.54 Å². The Morgan fingerprint density at radius 2 is 1.81 bits per heavy atom. The van der Waals surface area contributed by atoms with Crippen LogP contribution in [0.5, 0.6) is 0 Å². The zero-order valence-corrected chi connectivity index (χ0v) is 9.26. The van der Waals surface area contributed by atoms with Gasteiger partial charge in [0.1, 0.15) is 0 Å². The molecular weight excluding hydrogens is 198 g/mol. The molecule has 1 atom stereocenters. The van der Waals surface area contributed by atoms with Crippen LogP contribution in [-0.2, 0) is 0 Å². The van der Waals surface area contributed by atoms with Gasteiger partial charge in [-0.2, -0.15) is 0 Å². The zero-order valence-electron chi connectivity index (χ0n) is 9.26. The summed E-state index contributed by atoms with van der Waals surface area (Å²) in [4.78, 5) is 0. The van der Waals surface area contributed by atoms with Crippen LogP contribution in [0.25, 0.3) is 10.8 Å². The van der Waals surface area contributed by atoms with E-state index in [-0.39, 0.29) is 12.5 Å². The average Bonchev–Trinajstić information content (AvgIpc) is 2.35. The lowest BCUT2D eigenvalue weighted by Crippen LogP contribution is -2.14. The van der Waals surface area contributed by atoms with E-state index in [1.807, 2.05) is 12.1 Å². The number of aliphatic hydroxyl groups excluding tert-OH is 1. The lowest BCUT2D eigenvalue weighted by Gasteiger charge is -2.16. The smallest absolute Gasteiger partial charge is 0.0437 e. The Morgan fingerprint density at radius 1 is 1.06 bits per heavy atom. The summed E-state index contributed by atoms with van der Waals surface area (Å²) in [6, 6.07) is 14.6. The fourth-order valence-corrected chi connectivity index (χ4v) is 2.16. The van der Waals surface area contributed by atoms with Crippen molar-refractivity contribution in [2.45, 2.75) is 12.3 Å². The van der Waals surface area contributed by atoms with Gasteiger partial charge in [-0.3, -0.25) is 0 Å². The van der Waals surface area contributed by atoms with Crippen molar-refractivity contribution in [3.63, 3.8) is 0 Å². The first-order valence-corrected chi connectivity index (χ1v) is 5.65. The first kappa shape index (κ1) is 11.1. The third-order valence-electron chi connectivity index (χ3n) is 3.03. The Bertz CT molecular complexity index is 462. The number of rotatable bonds is 4. The number of nitrogens with two attached hydrogens (primary N) is 1. The molecule has 16 heavy (non-hydrogen) atoms. The van der Waals surface area contributed by atoms with Gasteiger partial charge in [0.15, 0.2) is 0 Å². The highest BCUT2D eigenvalue weighted by Gasteiger charge is 2.11. The Kier molecular flexibility index (Phi) is 3.54. The monoisotopic (exact) mass is 215 g/mol. The minimum atomic E-state index is 0.186. The summed E-state index contributed by atoms with van der Waals surface area (Å²) >= 11 is 0. The maximum absolute atomic E-state index is 9.05. The SMILES string of the molecule is NCC(CCO)c1cccc2ccccc12. The summed E-state index contributed by atoms with van der Waals surface area (Å²) in [7, 11) is 0. The zero-order chi connectivity index (χ0) is 11.4. The summed E-state index contributed by atoms with van der Waals surface area (Å²) in [5.41, 5.74) is 7.02. The third-order valence-corrected chi connectivity index (χ3v) is 3.03. The lowest BCUT2D eigenvalue weighted by atomic mass is 9.91. The van der Waals surface area contributed by atoms with Crippen LogP contribution in [0.4, 0.5) is 0 Å². The van der Waals surface area contributed by atoms with Gasteiger partial charge in [0, 0.05) is 6.61 Å². The van der Waals surface area contributed by atoms with E-state index in [0.717, 1.165) is 6.42 Å². The number of benzene rings is 2. The fourth-order valence-electron chi connectivity index (χ4n) is 2.16. The van der Waals surface area contributed by atoms with Gasteiger partial charge < -0.3 is 10.8 Å². The van der Waals surface area contributed by atoms with E-state index in [9.17, 15) is 0 Å². The minimum absolute atomic E-state index is 0.186. The van der Waals surface area contributed by atoms with Gasteiger partial charge in [-0.15, -0.1) is 0 Å². The minimum Gasteiger partial charge on any atom is -0.396 e. The van der Waals surface area contributed by atoms with Crippen LogP contribution in [-0.4, -0.2) is 18.3 Å². The average molecular weight is 215 g/mol. The summed E-state index contributed by atoms with van der Waals surface area (Å²) in [5, 5.41) is 11.5. The number of hydrogen-bond donors (Lipinski definition) is 2. The number of hydrogen-bond acceptors (Lipinski definition) is 2. The molecule has 0 spiro atoms. The Labute approximate surface area is 95.7 Å². The van der Waals surface area contributed by atoms with Crippen LogP contribution in [0.15, 0.2) is 42.5 Å². The molecule has 0 saturated carbocycles. The summed E-state index contributed by atoms with van der Waals surface area (Å²) in [6.45, 7) is 0.764. The molecule has 0 aliphatic carbocycles. The second kappa shape index (κ2) is 5.10. The molecule has 0 fully saturated rings. The predicted molar refractivity (Wildman–Crippen MR) is 67.4 cm³/mol. The van der Waals surface area contributed by atoms with E-state index in [4.69, 9.17) is 10.8 Å². The largest absolute Gasteiger partial charge is 0.396 e. The maximum Gasteiger partial charge on any atom is 0.0437 e. The Balaban J connectivity index is 2.50. The van der Waals surface area contributed by atoms with Crippen molar-refractivity contribution in [3.8, 4) is 0 Å². The van der Waals surface area contributed by atoms with Crippen molar-refractivity contribution in [3.05, 3.63) is 48.0 Å².